The molecule has 3 atom stereocenters. The summed E-state index contributed by atoms with van der Waals surface area (Å²) in [5.41, 5.74) is 3.38. The fourth-order valence-corrected chi connectivity index (χ4v) is 6.17. The molecule has 182 valence electrons. The number of ether oxygens (including phenoxy) is 3. The lowest BCUT2D eigenvalue weighted by Crippen LogP contribution is -2.29. The Morgan fingerprint density at radius 1 is 0.914 bits per heavy atom. The van der Waals surface area contributed by atoms with Gasteiger partial charge in [0.05, 0.1) is 32.3 Å². The molecule has 0 saturated carbocycles. The number of rotatable bonds is 7. The number of para-hydroxylation sites is 1. The Labute approximate surface area is 205 Å². The summed E-state index contributed by atoms with van der Waals surface area (Å²) >= 11 is 0. The van der Waals surface area contributed by atoms with Gasteiger partial charge < -0.3 is 19.5 Å². The predicted octanol–water partition coefficient (Wildman–Crippen LogP) is 5.34. The van der Waals surface area contributed by atoms with E-state index in [9.17, 15) is 8.42 Å². The maximum Gasteiger partial charge on any atom is 0.261 e. The van der Waals surface area contributed by atoms with Crippen LogP contribution >= 0.6 is 0 Å². The highest BCUT2D eigenvalue weighted by atomic mass is 32.2. The minimum absolute atomic E-state index is 0.00701. The van der Waals surface area contributed by atoms with Crippen LogP contribution in [0.15, 0.2) is 77.7 Å². The van der Waals surface area contributed by atoms with Gasteiger partial charge >= 0.3 is 0 Å². The van der Waals surface area contributed by atoms with E-state index in [1.165, 1.54) is 0 Å². The normalized spacial score (nSPS) is 20.4. The zero-order valence-electron chi connectivity index (χ0n) is 19.8. The molecule has 0 spiro atoms. The third-order valence-corrected chi connectivity index (χ3v) is 8.13. The summed E-state index contributed by atoms with van der Waals surface area (Å²) in [6.07, 6.45) is 5.23. The zero-order chi connectivity index (χ0) is 24.6. The van der Waals surface area contributed by atoms with E-state index < -0.39 is 10.0 Å². The van der Waals surface area contributed by atoms with Gasteiger partial charge in [0, 0.05) is 22.9 Å². The lowest BCUT2D eigenvalue weighted by Gasteiger charge is -2.38. The standard InChI is InChI=1S/C27H28N2O5S/c1-32-18-12-10-17(11-13-18)29-35(30,31)19-14-15-24-23(16-19)20-6-4-7-21(20)26(28-24)22-8-5-9-25(33-2)27(22)34-3/h4-6,8-16,20-21,26,28-29H,7H2,1-3H3/t20-,21+,26+/m1/s1. The molecule has 7 nitrogen and oxygen atoms in total. The molecule has 8 heteroatoms. The van der Waals surface area contributed by atoms with Crippen molar-refractivity contribution in [3.63, 3.8) is 0 Å². The molecule has 0 amide bonds. The second-order valence-electron chi connectivity index (χ2n) is 8.64. The predicted molar refractivity (Wildman–Crippen MR) is 136 cm³/mol. The highest BCUT2D eigenvalue weighted by Crippen LogP contribution is 2.52. The molecule has 0 bridgehead atoms. The molecule has 2 aliphatic rings. The fraction of sp³-hybridized carbons (Fsp3) is 0.259. The summed E-state index contributed by atoms with van der Waals surface area (Å²) in [6, 6.07) is 17.9. The van der Waals surface area contributed by atoms with E-state index in [0.717, 1.165) is 23.2 Å². The van der Waals surface area contributed by atoms with E-state index in [1.54, 1.807) is 57.7 Å². The second-order valence-corrected chi connectivity index (χ2v) is 10.3. The minimum atomic E-state index is -3.76. The number of methoxy groups -OCH3 is 3. The molecule has 5 rings (SSSR count). The molecule has 35 heavy (non-hydrogen) atoms. The van der Waals surface area contributed by atoms with E-state index in [0.29, 0.717) is 22.9 Å². The largest absolute Gasteiger partial charge is 0.497 e. The molecule has 2 N–H and O–H groups in total. The van der Waals surface area contributed by atoms with Gasteiger partial charge in [0.1, 0.15) is 5.75 Å². The molecule has 3 aromatic carbocycles. The highest BCUT2D eigenvalue weighted by Gasteiger charge is 2.40. The smallest absolute Gasteiger partial charge is 0.261 e. The SMILES string of the molecule is COc1ccc(NS(=O)(=O)c2ccc3c(c2)[C@@H]2C=CC[C@@H]2[C@@H](c2cccc(OC)c2OC)N3)cc1. The summed E-state index contributed by atoms with van der Waals surface area (Å²) in [5.74, 6) is 2.36. The lowest BCUT2D eigenvalue weighted by atomic mass is 9.77. The molecule has 1 aliphatic heterocycles. The average molecular weight is 493 g/mol. The van der Waals surface area contributed by atoms with Crippen molar-refractivity contribution in [3.8, 4) is 17.2 Å². The summed E-state index contributed by atoms with van der Waals surface area (Å²) in [4.78, 5) is 0.227. The molecule has 1 aliphatic carbocycles. The van der Waals surface area contributed by atoms with Crippen LogP contribution < -0.4 is 24.2 Å². The maximum absolute atomic E-state index is 13.2. The van der Waals surface area contributed by atoms with E-state index in [1.807, 2.05) is 18.2 Å². The quantitative estimate of drug-likeness (QED) is 0.433. The third-order valence-electron chi connectivity index (χ3n) is 6.76. The van der Waals surface area contributed by atoms with Crippen LogP contribution in [0.1, 0.15) is 29.5 Å². The summed E-state index contributed by atoms with van der Waals surface area (Å²) in [7, 11) is 1.09. The Morgan fingerprint density at radius 2 is 1.71 bits per heavy atom. The molecule has 3 aromatic rings. The second kappa shape index (κ2) is 9.19. The molecular formula is C27H28N2O5S. The number of allylic oxidation sites excluding steroid dienone is 2. The van der Waals surface area contributed by atoms with Gasteiger partial charge in [-0.2, -0.15) is 0 Å². The Balaban J connectivity index is 1.48. The topological polar surface area (TPSA) is 85.9 Å². The van der Waals surface area contributed by atoms with Crippen molar-refractivity contribution in [2.75, 3.05) is 31.4 Å². The van der Waals surface area contributed by atoms with Gasteiger partial charge in [0.25, 0.3) is 10.0 Å². The Hall–Kier alpha value is -3.65. The number of fused-ring (bicyclic) bond motifs is 3. The highest BCUT2D eigenvalue weighted by molar-refractivity contribution is 7.92. The maximum atomic E-state index is 13.2. The molecule has 1 heterocycles. The number of sulfonamides is 1. The Morgan fingerprint density at radius 3 is 2.43 bits per heavy atom. The number of anilines is 2. The van der Waals surface area contributed by atoms with Crippen molar-refractivity contribution >= 4 is 21.4 Å². The van der Waals surface area contributed by atoms with E-state index in [4.69, 9.17) is 14.2 Å². The Kier molecular flexibility index (Phi) is 6.06. The van der Waals surface area contributed by atoms with Crippen LogP contribution in [0, 0.1) is 5.92 Å². The molecule has 0 aromatic heterocycles. The monoisotopic (exact) mass is 492 g/mol. The van der Waals surface area contributed by atoms with Crippen molar-refractivity contribution in [1.82, 2.24) is 0 Å². The molecule has 0 unspecified atom stereocenters. The van der Waals surface area contributed by atoms with Gasteiger partial charge in [-0.05, 0) is 66.4 Å². The van der Waals surface area contributed by atoms with Crippen LogP contribution in [0.5, 0.6) is 17.2 Å². The van der Waals surface area contributed by atoms with Crippen LogP contribution in [0.3, 0.4) is 0 Å². The molecule has 0 fully saturated rings. The lowest BCUT2D eigenvalue weighted by molar-refractivity contribution is 0.341. The van der Waals surface area contributed by atoms with Gasteiger partial charge in [-0.15, -0.1) is 0 Å². The molecular weight excluding hydrogens is 464 g/mol. The van der Waals surface area contributed by atoms with Crippen LogP contribution in [0.25, 0.3) is 0 Å². The number of benzene rings is 3. The first-order valence-electron chi connectivity index (χ1n) is 11.4. The van der Waals surface area contributed by atoms with Gasteiger partial charge in [-0.3, -0.25) is 4.72 Å². The zero-order valence-corrected chi connectivity index (χ0v) is 20.6. The molecule has 0 radical (unpaired) electrons. The van der Waals surface area contributed by atoms with E-state index >= 15 is 0 Å². The van der Waals surface area contributed by atoms with Crippen LogP contribution in [0.2, 0.25) is 0 Å². The van der Waals surface area contributed by atoms with Crippen molar-refractivity contribution < 1.29 is 22.6 Å². The fourth-order valence-electron chi connectivity index (χ4n) is 5.08. The van der Waals surface area contributed by atoms with Crippen molar-refractivity contribution in [2.24, 2.45) is 5.92 Å². The first kappa shape index (κ1) is 23.1. The van der Waals surface area contributed by atoms with Crippen LogP contribution in [0.4, 0.5) is 11.4 Å². The minimum Gasteiger partial charge on any atom is -0.497 e. The third kappa shape index (κ3) is 4.18. The van der Waals surface area contributed by atoms with Gasteiger partial charge in [0.2, 0.25) is 0 Å². The van der Waals surface area contributed by atoms with E-state index in [-0.39, 0.29) is 22.8 Å². The van der Waals surface area contributed by atoms with Gasteiger partial charge in [-0.25, -0.2) is 8.42 Å². The Bertz CT molecular complexity index is 1370. The molecule has 0 saturated heterocycles. The van der Waals surface area contributed by atoms with Crippen molar-refractivity contribution in [1.29, 1.82) is 0 Å². The number of nitrogens with one attached hydrogen (secondary N) is 2. The first-order chi connectivity index (χ1) is 16.9. The summed E-state index contributed by atoms with van der Waals surface area (Å²) < 4.78 is 45.4. The first-order valence-corrected chi connectivity index (χ1v) is 12.9. The van der Waals surface area contributed by atoms with Crippen LogP contribution in [-0.4, -0.2) is 29.7 Å². The van der Waals surface area contributed by atoms with Crippen molar-refractivity contribution in [2.45, 2.75) is 23.3 Å². The summed E-state index contributed by atoms with van der Waals surface area (Å²) in [6.45, 7) is 0. The van der Waals surface area contributed by atoms with E-state index in [2.05, 4.69) is 28.3 Å². The summed E-state index contributed by atoms with van der Waals surface area (Å²) in [5, 5.41) is 3.65. The van der Waals surface area contributed by atoms with Gasteiger partial charge in [0.15, 0.2) is 11.5 Å². The average Bonchev–Trinajstić information content (AvgIpc) is 3.38. The number of hydrogen-bond acceptors (Lipinski definition) is 6. The van der Waals surface area contributed by atoms with Gasteiger partial charge in [-0.1, -0.05) is 24.3 Å². The van der Waals surface area contributed by atoms with Crippen LogP contribution in [-0.2, 0) is 10.0 Å². The van der Waals surface area contributed by atoms with Crippen molar-refractivity contribution in [3.05, 3.63) is 83.9 Å². The number of hydrogen-bond donors (Lipinski definition) is 2.